The number of benzene rings is 2. The SMILES string of the molecule is Nc1cc(Cl)cc(-c2nnnn2Cc2ccccc2F)c1. The van der Waals surface area contributed by atoms with Crippen LogP contribution in [0.1, 0.15) is 5.56 Å². The van der Waals surface area contributed by atoms with Gasteiger partial charge in [-0.1, -0.05) is 29.8 Å². The predicted octanol–water partition coefficient (Wildman–Crippen LogP) is 2.76. The fourth-order valence-electron chi connectivity index (χ4n) is 2.05. The summed E-state index contributed by atoms with van der Waals surface area (Å²) in [4.78, 5) is 0. The summed E-state index contributed by atoms with van der Waals surface area (Å²) in [5.41, 5.74) is 7.46. The lowest BCUT2D eigenvalue weighted by molar-refractivity contribution is 0.579. The largest absolute Gasteiger partial charge is 0.399 e. The zero-order valence-electron chi connectivity index (χ0n) is 10.9. The van der Waals surface area contributed by atoms with Gasteiger partial charge in [0.2, 0.25) is 0 Å². The molecule has 1 aromatic heterocycles. The molecule has 7 heteroatoms. The van der Waals surface area contributed by atoms with Crippen LogP contribution in [0.2, 0.25) is 5.02 Å². The van der Waals surface area contributed by atoms with Crippen LogP contribution in [0.5, 0.6) is 0 Å². The number of hydrogen-bond donors (Lipinski definition) is 1. The van der Waals surface area contributed by atoms with E-state index in [0.717, 1.165) is 0 Å². The van der Waals surface area contributed by atoms with Crippen molar-refractivity contribution in [3.63, 3.8) is 0 Å². The molecule has 3 rings (SSSR count). The highest BCUT2D eigenvalue weighted by molar-refractivity contribution is 6.31. The van der Waals surface area contributed by atoms with Crippen LogP contribution in [0.15, 0.2) is 42.5 Å². The van der Waals surface area contributed by atoms with Crippen LogP contribution in [0.25, 0.3) is 11.4 Å². The fourth-order valence-corrected chi connectivity index (χ4v) is 2.29. The van der Waals surface area contributed by atoms with Gasteiger partial charge in [0.25, 0.3) is 0 Å². The van der Waals surface area contributed by atoms with E-state index in [1.165, 1.54) is 10.7 Å². The highest BCUT2D eigenvalue weighted by atomic mass is 35.5. The minimum absolute atomic E-state index is 0.224. The van der Waals surface area contributed by atoms with E-state index in [4.69, 9.17) is 17.3 Å². The van der Waals surface area contributed by atoms with Crippen LogP contribution in [-0.4, -0.2) is 20.2 Å². The normalized spacial score (nSPS) is 10.8. The van der Waals surface area contributed by atoms with Crippen molar-refractivity contribution in [2.24, 2.45) is 0 Å². The summed E-state index contributed by atoms with van der Waals surface area (Å²) in [5, 5.41) is 12.0. The van der Waals surface area contributed by atoms with Gasteiger partial charge in [0.1, 0.15) is 5.82 Å². The van der Waals surface area contributed by atoms with Gasteiger partial charge >= 0.3 is 0 Å². The Labute approximate surface area is 125 Å². The van der Waals surface area contributed by atoms with Crippen LogP contribution >= 0.6 is 11.6 Å². The molecule has 0 amide bonds. The third-order valence-corrected chi connectivity index (χ3v) is 3.21. The molecule has 0 aliphatic rings. The zero-order chi connectivity index (χ0) is 14.8. The molecule has 0 spiro atoms. The fraction of sp³-hybridized carbons (Fsp3) is 0.0714. The van der Waals surface area contributed by atoms with Crippen molar-refractivity contribution in [1.82, 2.24) is 20.2 Å². The van der Waals surface area contributed by atoms with E-state index in [9.17, 15) is 4.39 Å². The molecule has 0 atom stereocenters. The summed E-state index contributed by atoms with van der Waals surface area (Å²) in [5.74, 6) is 0.178. The molecule has 3 aromatic rings. The summed E-state index contributed by atoms with van der Waals surface area (Å²) in [7, 11) is 0. The summed E-state index contributed by atoms with van der Waals surface area (Å²) < 4.78 is 15.2. The molecule has 5 nitrogen and oxygen atoms in total. The van der Waals surface area contributed by atoms with Gasteiger partial charge in [-0.25, -0.2) is 9.07 Å². The zero-order valence-corrected chi connectivity index (χ0v) is 11.6. The van der Waals surface area contributed by atoms with E-state index in [0.29, 0.717) is 27.7 Å². The van der Waals surface area contributed by atoms with Gasteiger partial charge in [-0.05, 0) is 34.7 Å². The maximum atomic E-state index is 13.7. The van der Waals surface area contributed by atoms with Gasteiger partial charge in [-0.2, -0.15) is 0 Å². The van der Waals surface area contributed by atoms with Crippen LogP contribution in [0, 0.1) is 5.82 Å². The van der Waals surface area contributed by atoms with Crippen molar-refractivity contribution < 1.29 is 4.39 Å². The number of nitrogen functional groups attached to an aromatic ring is 1. The van der Waals surface area contributed by atoms with E-state index in [2.05, 4.69) is 15.5 Å². The van der Waals surface area contributed by atoms with Crippen LogP contribution < -0.4 is 5.73 Å². The first-order valence-corrected chi connectivity index (χ1v) is 6.57. The molecule has 2 aromatic carbocycles. The molecule has 2 N–H and O–H groups in total. The van der Waals surface area contributed by atoms with Gasteiger partial charge in [-0.3, -0.25) is 0 Å². The number of halogens is 2. The lowest BCUT2D eigenvalue weighted by atomic mass is 10.1. The van der Waals surface area contributed by atoms with Crippen molar-refractivity contribution in [3.05, 3.63) is 58.9 Å². The number of anilines is 1. The van der Waals surface area contributed by atoms with E-state index < -0.39 is 0 Å². The van der Waals surface area contributed by atoms with Gasteiger partial charge in [0.15, 0.2) is 5.82 Å². The second-order valence-electron chi connectivity index (χ2n) is 4.52. The smallest absolute Gasteiger partial charge is 0.182 e. The molecule has 21 heavy (non-hydrogen) atoms. The first kappa shape index (κ1) is 13.5. The van der Waals surface area contributed by atoms with Crippen LogP contribution in [-0.2, 0) is 6.54 Å². The lowest BCUT2D eigenvalue weighted by Gasteiger charge is -2.07. The number of nitrogens with zero attached hydrogens (tertiary/aromatic N) is 4. The highest BCUT2D eigenvalue weighted by Crippen LogP contribution is 2.24. The highest BCUT2D eigenvalue weighted by Gasteiger charge is 2.12. The van der Waals surface area contributed by atoms with E-state index in [-0.39, 0.29) is 12.4 Å². The Bertz CT molecular complexity index is 766. The van der Waals surface area contributed by atoms with Gasteiger partial charge in [-0.15, -0.1) is 5.10 Å². The Morgan fingerprint density at radius 2 is 2.00 bits per heavy atom. The maximum absolute atomic E-state index is 13.7. The minimum atomic E-state index is -0.301. The quantitative estimate of drug-likeness (QED) is 0.755. The monoisotopic (exact) mass is 303 g/mol. The van der Waals surface area contributed by atoms with Crippen molar-refractivity contribution in [1.29, 1.82) is 0 Å². The standard InChI is InChI=1S/C14H11ClFN5/c15-11-5-10(6-12(17)7-11)14-18-19-20-21(14)8-9-3-1-2-4-13(9)16/h1-7H,8,17H2. The first-order chi connectivity index (χ1) is 10.1. The van der Waals surface area contributed by atoms with Crippen molar-refractivity contribution in [2.45, 2.75) is 6.54 Å². The van der Waals surface area contributed by atoms with Crippen molar-refractivity contribution >= 4 is 17.3 Å². The Balaban J connectivity index is 1.99. The van der Waals surface area contributed by atoms with Crippen molar-refractivity contribution in [3.8, 4) is 11.4 Å². The summed E-state index contributed by atoms with van der Waals surface area (Å²) in [6, 6.07) is 11.5. The minimum Gasteiger partial charge on any atom is -0.399 e. The molecule has 0 bridgehead atoms. The number of rotatable bonds is 3. The van der Waals surface area contributed by atoms with Crippen LogP contribution in [0.4, 0.5) is 10.1 Å². The third kappa shape index (κ3) is 2.85. The molecular weight excluding hydrogens is 293 g/mol. The molecule has 0 aliphatic carbocycles. The Hall–Kier alpha value is -2.47. The topological polar surface area (TPSA) is 69.6 Å². The molecule has 0 aliphatic heterocycles. The molecule has 0 fully saturated rings. The third-order valence-electron chi connectivity index (χ3n) is 2.99. The molecule has 106 valence electrons. The Kier molecular flexibility index (Phi) is 3.53. The second-order valence-corrected chi connectivity index (χ2v) is 4.96. The lowest BCUT2D eigenvalue weighted by Crippen LogP contribution is -2.06. The summed E-state index contributed by atoms with van der Waals surface area (Å²) in [6.07, 6.45) is 0. The molecule has 1 heterocycles. The first-order valence-electron chi connectivity index (χ1n) is 6.19. The molecular formula is C14H11ClFN5. The number of hydrogen-bond acceptors (Lipinski definition) is 4. The predicted molar refractivity (Wildman–Crippen MR) is 78.2 cm³/mol. The van der Waals surface area contributed by atoms with E-state index >= 15 is 0 Å². The average molecular weight is 304 g/mol. The van der Waals surface area contributed by atoms with Crippen molar-refractivity contribution in [2.75, 3.05) is 5.73 Å². The molecule has 0 saturated carbocycles. The number of aromatic nitrogens is 4. The van der Waals surface area contributed by atoms with Crippen LogP contribution in [0.3, 0.4) is 0 Å². The Morgan fingerprint density at radius 1 is 1.19 bits per heavy atom. The summed E-state index contributed by atoms with van der Waals surface area (Å²) >= 11 is 5.99. The van der Waals surface area contributed by atoms with Gasteiger partial charge in [0.05, 0.1) is 6.54 Å². The molecule has 0 radical (unpaired) electrons. The average Bonchev–Trinajstić information content (AvgIpc) is 2.88. The second kappa shape index (κ2) is 5.49. The summed E-state index contributed by atoms with van der Waals surface area (Å²) in [6.45, 7) is 0.224. The van der Waals surface area contributed by atoms with Gasteiger partial charge < -0.3 is 5.73 Å². The number of nitrogens with two attached hydrogens (primary N) is 1. The maximum Gasteiger partial charge on any atom is 0.182 e. The van der Waals surface area contributed by atoms with E-state index in [1.807, 2.05) is 0 Å². The molecule has 0 unspecified atom stereocenters. The van der Waals surface area contributed by atoms with E-state index in [1.54, 1.807) is 36.4 Å². The Morgan fingerprint density at radius 3 is 2.76 bits per heavy atom. The van der Waals surface area contributed by atoms with Gasteiger partial charge in [0, 0.05) is 21.8 Å². The molecule has 0 saturated heterocycles. The number of tetrazole rings is 1.